The summed E-state index contributed by atoms with van der Waals surface area (Å²) in [4.78, 5) is 35.4. The number of aromatic amines is 1. The fourth-order valence-corrected chi connectivity index (χ4v) is 2.18. The van der Waals surface area contributed by atoms with Crippen molar-refractivity contribution in [3.8, 4) is 5.69 Å². The molecule has 2 heterocycles. The van der Waals surface area contributed by atoms with Crippen molar-refractivity contribution in [1.29, 1.82) is 0 Å². The first-order valence-corrected chi connectivity index (χ1v) is 7.11. The molecular formula is C15H14FN5O3. The summed E-state index contributed by atoms with van der Waals surface area (Å²) < 4.78 is 18.8. The van der Waals surface area contributed by atoms with Crippen LogP contribution in [0.1, 0.15) is 0 Å². The third-order valence-electron chi connectivity index (χ3n) is 3.32. The van der Waals surface area contributed by atoms with Crippen LogP contribution in [-0.2, 0) is 4.74 Å². The Kier molecular flexibility index (Phi) is 4.34. The Morgan fingerprint density at radius 1 is 1.29 bits per heavy atom. The van der Waals surface area contributed by atoms with Gasteiger partial charge in [0.2, 0.25) is 5.95 Å². The number of hydrogen-bond acceptors (Lipinski definition) is 6. The Morgan fingerprint density at radius 2 is 2.04 bits per heavy atom. The molecule has 3 aromatic rings. The molecule has 9 heteroatoms. The van der Waals surface area contributed by atoms with Gasteiger partial charge in [0.05, 0.1) is 12.3 Å². The molecule has 0 saturated carbocycles. The summed E-state index contributed by atoms with van der Waals surface area (Å²) in [5.41, 5.74) is -0.866. The van der Waals surface area contributed by atoms with Crippen molar-refractivity contribution in [2.45, 2.75) is 0 Å². The Morgan fingerprint density at radius 3 is 2.75 bits per heavy atom. The molecule has 0 radical (unpaired) electrons. The first-order chi connectivity index (χ1) is 11.6. The van der Waals surface area contributed by atoms with E-state index in [-0.39, 0.29) is 22.7 Å². The third-order valence-corrected chi connectivity index (χ3v) is 3.32. The molecule has 124 valence electrons. The van der Waals surface area contributed by atoms with Crippen molar-refractivity contribution in [3.05, 3.63) is 57.1 Å². The SMILES string of the molecule is COCCNc1ncc2c(=O)n(-c3ccc(F)cc3)c(=O)[nH]c2n1. The second kappa shape index (κ2) is 6.59. The molecule has 24 heavy (non-hydrogen) atoms. The summed E-state index contributed by atoms with van der Waals surface area (Å²) >= 11 is 0. The molecule has 0 amide bonds. The highest BCUT2D eigenvalue weighted by molar-refractivity contribution is 5.73. The minimum Gasteiger partial charge on any atom is -0.383 e. The van der Waals surface area contributed by atoms with Crippen LogP contribution in [0.25, 0.3) is 16.7 Å². The van der Waals surface area contributed by atoms with Crippen molar-refractivity contribution >= 4 is 17.0 Å². The van der Waals surface area contributed by atoms with Crippen molar-refractivity contribution in [3.63, 3.8) is 0 Å². The topological polar surface area (TPSA) is 102 Å². The van der Waals surface area contributed by atoms with E-state index in [4.69, 9.17) is 4.74 Å². The molecule has 0 aliphatic heterocycles. The van der Waals surface area contributed by atoms with Gasteiger partial charge in [0, 0.05) is 19.9 Å². The molecule has 2 aromatic heterocycles. The summed E-state index contributed by atoms with van der Waals surface area (Å²) in [5.74, 6) is -0.187. The van der Waals surface area contributed by atoms with Gasteiger partial charge in [-0.1, -0.05) is 0 Å². The Balaban J connectivity index is 2.08. The van der Waals surface area contributed by atoms with E-state index < -0.39 is 17.1 Å². The monoisotopic (exact) mass is 331 g/mol. The zero-order valence-electron chi connectivity index (χ0n) is 12.7. The van der Waals surface area contributed by atoms with Gasteiger partial charge in [-0.15, -0.1) is 0 Å². The van der Waals surface area contributed by atoms with Gasteiger partial charge in [-0.25, -0.2) is 18.7 Å². The lowest BCUT2D eigenvalue weighted by Crippen LogP contribution is -2.34. The number of H-pyrrole nitrogens is 1. The summed E-state index contributed by atoms with van der Waals surface area (Å²) in [6, 6.07) is 5.04. The molecule has 0 saturated heterocycles. The smallest absolute Gasteiger partial charge is 0.334 e. The summed E-state index contributed by atoms with van der Waals surface area (Å²) in [6.07, 6.45) is 1.33. The van der Waals surface area contributed by atoms with Crippen molar-refractivity contribution < 1.29 is 9.13 Å². The molecule has 3 rings (SSSR count). The zero-order valence-corrected chi connectivity index (χ0v) is 12.7. The highest BCUT2D eigenvalue weighted by atomic mass is 19.1. The maximum atomic E-state index is 13.0. The maximum Gasteiger partial charge on any atom is 0.334 e. The molecular weight excluding hydrogens is 317 g/mol. The van der Waals surface area contributed by atoms with Crippen molar-refractivity contribution in [2.75, 3.05) is 25.6 Å². The van der Waals surface area contributed by atoms with Gasteiger partial charge in [-0.3, -0.25) is 9.78 Å². The van der Waals surface area contributed by atoms with Crippen LogP contribution in [-0.4, -0.2) is 39.8 Å². The summed E-state index contributed by atoms with van der Waals surface area (Å²) in [6.45, 7) is 0.947. The van der Waals surface area contributed by atoms with Crippen LogP contribution < -0.4 is 16.6 Å². The van der Waals surface area contributed by atoms with E-state index in [0.29, 0.717) is 13.2 Å². The van der Waals surface area contributed by atoms with E-state index in [2.05, 4.69) is 20.3 Å². The molecule has 0 atom stereocenters. The van der Waals surface area contributed by atoms with Crippen molar-refractivity contribution in [1.82, 2.24) is 19.5 Å². The molecule has 0 spiro atoms. The van der Waals surface area contributed by atoms with E-state index in [1.165, 1.54) is 30.5 Å². The molecule has 0 aliphatic rings. The summed E-state index contributed by atoms with van der Waals surface area (Å²) in [5, 5.41) is 3.06. The van der Waals surface area contributed by atoms with E-state index in [0.717, 1.165) is 4.57 Å². The standard InChI is InChI=1S/C15H14FN5O3/c1-24-7-6-17-14-18-8-11-12(19-14)20-15(23)21(13(11)22)10-4-2-9(16)3-5-10/h2-5,8H,6-7H2,1H3,(H2,17,18,19,20,23). The van der Waals surface area contributed by atoms with Crippen LogP contribution in [0.15, 0.2) is 40.1 Å². The molecule has 8 nitrogen and oxygen atoms in total. The second-order valence-electron chi connectivity index (χ2n) is 4.92. The fraction of sp³-hybridized carbons (Fsp3) is 0.200. The predicted molar refractivity (Wildman–Crippen MR) is 86.1 cm³/mol. The Hall–Kier alpha value is -3.07. The molecule has 0 unspecified atom stereocenters. The van der Waals surface area contributed by atoms with Crippen LogP contribution in [0.5, 0.6) is 0 Å². The van der Waals surface area contributed by atoms with Gasteiger partial charge in [0.25, 0.3) is 5.56 Å². The van der Waals surface area contributed by atoms with E-state index >= 15 is 0 Å². The maximum absolute atomic E-state index is 13.0. The molecule has 2 N–H and O–H groups in total. The average Bonchev–Trinajstić information content (AvgIpc) is 2.56. The fourth-order valence-electron chi connectivity index (χ4n) is 2.18. The number of ether oxygens (including phenoxy) is 1. The number of hydrogen-bond donors (Lipinski definition) is 2. The lowest BCUT2D eigenvalue weighted by atomic mass is 10.3. The normalized spacial score (nSPS) is 10.9. The Labute approximate surface area is 135 Å². The van der Waals surface area contributed by atoms with Gasteiger partial charge in [0.1, 0.15) is 11.2 Å². The Bertz CT molecular complexity index is 981. The van der Waals surface area contributed by atoms with Crippen LogP contribution in [0, 0.1) is 5.82 Å². The van der Waals surface area contributed by atoms with Gasteiger partial charge in [-0.05, 0) is 24.3 Å². The van der Waals surface area contributed by atoms with Gasteiger partial charge >= 0.3 is 5.69 Å². The van der Waals surface area contributed by atoms with Gasteiger partial charge in [0.15, 0.2) is 5.65 Å². The van der Waals surface area contributed by atoms with Crippen LogP contribution in [0.2, 0.25) is 0 Å². The minimum absolute atomic E-state index is 0.123. The van der Waals surface area contributed by atoms with E-state index in [9.17, 15) is 14.0 Å². The van der Waals surface area contributed by atoms with Crippen molar-refractivity contribution in [2.24, 2.45) is 0 Å². The van der Waals surface area contributed by atoms with E-state index in [1.54, 1.807) is 7.11 Å². The first-order valence-electron chi connectivity index (χ1n) is 7.11. The number of methoxy groups -OCH3 is 1. The highest BCUT2D eigenvalue weighted by Gasteiger charge is 2.11. The van der Waals surface area contributed by atoms with Gasteiger partial charge in [-0.2, -0.15) is 4.98 Å². The number of benzene rings is 1. The first kappa shape index (κ1) is 15.8. The molecule has 1 aromatic carbocycles. The third kappa shape index (κ3) is 3.01. The van der Waals surface area contributed by atoms with Crippen LogP contribution in [0.3, 0.4) is 0 Å². The largest absolute Gasteiger partial charge is 0.383 e. The quantitative estimate of drug-likeness (QED) is 0.666. The zero-order chi connectivity index (χ0) is 17.1. The van der Waals surface area contributed by atoms with Crippen LogP contribution in [0.4, 0.5) is 10.3 Å². The summed E-state index contributed by atoms with van der Waals surface area (Å²) in [7, 11) is 1.57. The number of nitrogens with zero attached hydrogens (tertiary/aromatic N) is 3. The van der Waals surface area contributed by atoms with Gasteiger partial charge < -0.3 is 10.1 Å². The lowest BCUT2D eigenvalue weighted by molar-refractivity contribution is 0.210. The minimum atomic E-state index is -0.666. The van der Waals surface area contributed by atoms with E-state index in [1.807, 2.05) is 0 Å². The van der Waals surface area contributed by atoms with Crippen LogP contribution >= 0.6 is 0 Å². The number of nitrogens with one attached hydrogen (secondary N) is 2. The number of fused-ring (bicyclic) bond motifs is 1. The highest BCUT2D eigenvalue weighted by Crippen LogP contribution is 2.08. The number of anilines is 1. The molecule has 0 aliphatic carbocycles. The number of rotatable bonds is 5. The molecule has 0 fully saturated rings. The number of halogens is 1. The second-order valence-corrected chi connectivity index (χ2v) is 4.92. The average molecular weight is 331 g/mol. The number of aromatic nitrogens is 4. The predicted octanol–water partition coefficient (Wildman–Crippen LogP) is 0.666. The molecule has 0 bridgehead atoms. The lowest BCUT2D eigenvalue weighted by Gasteiger charge is -2.07.